The molecule has 2 aliphatic heterocycles. The van der Waals surface area contributed by atoms with Crippen LogP contribution >= 0.6 is 0 Å². The first-order valence-electron chi connectivity index (χ1n) is 10.3. The highest BCUT2D eigenvalue weighted by molar-refractivity contribution is 5.87. The van der Waals surface area contributed by atoms with Gasteiger partial charge in [-0.3, -0.25) is 14.7 Å². The fourth-order valence-corrected chi connectivity index (χ4v) is 4.81. The van der Waals surface area contributed by atoms with Crippen molar-refractivity contribution >= 4 is 5.91 Å². The second-order valence-corrected chi connectivity index (χ2v) is 7.86. The first-order valence-corrected chi connectivity index (χ1v) is 10.3. The summed E-state index contributed by atoms with van der Waals surface area (Å²) in [6.45, 7) is 3.56. The molecule has 4 nitrogen and oxygen atoms in total. The van der Waals surface area contributed by atoms with E-state index in [9.17, 15) is 4.79 Å². The Balaban J connectivity index is 1.41. The average molecular weight is 364 g/mol. The Bertz CT molecular complexity index is 749. The molecule has 0 saturated carbocycles. The van der Waals surface area contributed by atoms with E-state index in [2.05, 4.69) is 40.2 Å². The van der Waals surface area contributed by atoms with Gasteiger partial charge in [-0.05, 0) is 69.3 Å². The smallest absolute Gasteiger partial charge is 0.243 e. The number of rotatable bonds is 6. The van der Waals surface area contributed by atoms with Gasteiger partial charge in [-0.15, -0.1) is 0 Å². The van der Waals surface area contributed by atoms with Gasteiger partial charge in [0.1, 0.15) is 5.54 Å². The molecule has 2 fully saturated rings. The van der Waals surface area contributed by atoms with Gasteiger partial charge in [-0.25, -0.2) is 0 Å². The number of hydrogen-bond acceptors (Lipinski definition) is 3. The summed E-state index contributed by atoms with van der Waals surface area (Å²) in [6.07, 6.45) is 8.25. The average Bonchev–Trinajstić information content (AvgIpc) is 3.11. The van der Waals surface area contributed by atoms with Gasteiger partial charge in [-0.1, -0.05) is 36.4 Å². The third-order valence-electron chi connectivity index (χ3n) is 6.14. The Morgan fingerprint density at radius 2 is 1.74 bits per heavy atom. The van der Waals surface area contributed by atoms with Crippen molar-refractivity contribution in [1.82, 2.24) is 14.8 Å². The number of benzene rings is 1. The van der Waals surface area contributed by atoms with Gasteiger partial charge in [0.05, 0.1) is 12.2 Å². The van der Waals surface area contributed by atoms with Crippen LogP contribution in [0.3, 0.4) is 0 Å². The van der Waals surface area contributed by atoms with E-state index in [1.807, 2.05) is 29.3 Å². The lowest BCUT2D eigenvalue weighted by Gasteiger charge is -2.44. The topological polar surface area (TPSA) is 36.4 Å². The third kappa shape index (κ3) is 3.91. The summed E-state index contributed by atoms with van der Waals surface area (Å²) in [7, 11) is 0. The highest BCUT2D eigenvalue weighted by Crippen LogP contribution is 2.38. The molecule has 27 heavy (non-hydrogen) atoms. The van der Waals surface area contributed by atoms with Gasteiger partial charge in [0, 0.05) is 12.7 Å². The fourth-order valence-electron chi connectivity index (χ4n) is 4.81. The van der Waals surface area contributed by atoms with Crippen molar-refractivity contribution in [2.45, 2.75) is 50.6 Å². The molecule has 1 aromatic heterocycles. The quantitative estimate of drug-likeness (QED) is 0.786. The number of nitrogens with zero attached hydrogens (tertiary/aromatic N) is 3. The highest BCUT2D eigenvalue weighted by Gasteiger charge is 2.50. The third-order valence-corrected chi connectivity index (χ3v) is 6.14. The molecule has 4 heteroatoms. The van der Waals surface area contributed by atoms with Crippen LogP contribution in [0.5, 0.6) is 0 Å². The first-order chi connectivity index (χ1) is 13.3. The van der Waals surface area contributed by atoms with E-state index in [1.165, 1.54) is 5.56 Å². The van der Waals surface area contributed by atoms with E-state index >= 15 is 0 Å². The fraction of sp³-hybridized carbons (Fsp3) is 0.478. The minimum Gasteiger partial charge on any atom is -0.335 e. The largest absolute Gasteiger partial charge is 0.335 e. The molecule has 2 aromatic rings. The zero-order chi connectivity index (χ0) is 18.5. The van der Waals surface area contributed by atoms with Crippen LogP contribution in [-0.2, 0) is 17.8 Å². The molecule has 2 saturated heterocycles. The highest BCUT2D eigenvalue weighted by atomic mass is 16.2. The molecule has 1 aromatic carbocycles. The van der Waals surface area contributed by atoms with Crippen LogP contribution in [-0.4, -0.2) is 45.9 Å². The molecule has 2 aliphatic rings. The van der Waals surface area contributed by atoms with E-state index in [1.54, 1.807) is 0 Å². The maximum atomic E-state index is 13.5. The predicted molar refractivity (Wildman–Crippen MR) is 107 cm³/mol. The lowest BCUT2D eigenvalue weighted by atomic mass is 9.85. The van der Waals surface area contributed by atoms with Crippen molar-refractivity contribution in [2.75, 3.05) is 19.6 Å². The number of likely N-dealkylation sites (tertiary alicyclic amines) is 2. The molecule has 3 heterocycles. The van der Waals surface area contributed by atoms with Crippen molar-refractivity contribution in [1.29, 1.82) is 0 Å². The second-order valence-electron chi connectivity index (χ2n) is 7.86. The molecule has 1 amide bonds. The number of hydrogen-bond donors (Lipinski definition) is 0. The first kappa shape index (κ1) is 18.2. The normalized spacial score (nSPS) is 23.3. The Morgan fingerprint density at radius 3 is 2.52 bits per heavy atom. The van der Waals surface area contributed by atoms with Crippen molar-refractivity contribution < 1.29 is 4.79 Å². The van der Waals surface area contributed by atoms with Crippen LogP contribution in [0, 0.1) is 0 Å². The maximum Gasteiger partial charge on any atom is 0.243 e. The van der Waals surface area contributed by atoms with Crippen LogP contribution in [0.1, 0.15) is 43.4 Å². The van der Waals surface area contributed by atoms with E-state index < -0.39 is 0 Å². The molecule has 0 aliphatic carbocycles. The van der Waals surface area contributed by atoms with Gasteiger partial charge in [0.2, 0.25) is 5.91 Å². The number of aryl methyl sites for hydroxylation is 1. The minimum atomic E-state index is -0.260. The summed E-state index contributed by atoms with van der Waals surface area (Å²) in [5, 5.41) is 0. The molecule has 1 unspecified atom stereocenters. The number of piperidine rings is 1. The molecule has 1 atom stereocenters. The summed E-state index contributed by atoms with van der Waals surface area (Å²) in [5.41, 5.74) is 2.11. The SMILES string of the molecule is O=C1N(Cc2ccccn2)CCCC12CCCN2CCCc1ccccc1. The summed E-state index contributed by atoms with van der Waals surface area (Å²) in [5.74, 6) is 0.330. The molecule has 0 N–H and O–H groups in total. The molecule has 4 rings (SSSR count). The van der Waals surface area contributed by atoms with Crippen LogP contribution < -0.4 is 0 Å². The zero-order valence-electron chi connectivity index (χ0n) is 16.0. The Morgan fingerprint density at radius 1 is 0.963 bits per heavy atom. The molecule has 0 radical (unpaired) electrons. The Kier molecular flexibility index (Phi) is 5.53. The zero-order valence-corrected chi connectivity index (χ0v) is 16.0. The summed E-state index contributed by atoms with van der Waals surface area (Å²) >= 11 is 0. The second kappa shape index (κ2) is 8.22. The summed E-state index contributed by atoms with van der Waals surface area (Å²) < 4.78 is 0. The maximum absolute atomic E-state index is 13.5. The van der Waals surface area contributed by atoms with Gasteiger partial charge >= 0.3 is 0 Å². The Labute approximate surface area is 162 Å². The van der Waals surface area contributed by atoms with Gasteiger partial charge < -0.3 is 4.90 Å². The lowest BCUT2D eigenvalue weighted by Crippen LogP contribution is -2.59. The predicted octanol–water partition coefficient (Wildman–Crippen LogP) is 3.67. The molecular formula is C23H29N3O. The van der Waals surface area contributed by atoms with Gasteiger partial charge in [0.15, 0.2) is 0 Å². The number of carbonyl (C=O) groups excluding carboxylic acids is 1. The van der Waals surface area contributed by atoms with Crippen LogP contribution in [0.2, 0.25) is 0 Å². The molecule has 142 valence electrons. The van der Waals surface area contributed by atoms with Crippen molar-refractivity contribution in [3.05, 3.63) is 66.0 Å². The van der Waals surface area contributed by atoms with Crippen LogP contribution in [0.15, 0.2) is 54.7 Å². The van der Waals surface area contributed by atoms with Crippen molar-refractivity contribution in [2.24, 2.45) is 0 Å². The number of carbonyl (C=O) groups is 1. The standard InChI is InChI=1S/C23H29N3O/c27-22-23(13-7-16-25(22)19-21-12-4-5-15-24-21)14-8-18-26(23)17-6-11-20-9-2-1-3-10-20/h1-5,9-10,12,15H,6-8,11,13-14,16-19H2. The van der Waals surface area contributed by atoms with E-state index in [0.717, 1.165) is 63.9 Å². The van der Waals surface area contributed by atoms with Crippen LogP contribution in [0.4, 0.5) is 0 Å². The molecule has 0 bridgehead atoms. The Hall–Kier alpha value is -2.20. The summed E-state index contributed by atoms with van der Waals surface area (Å²) in [4.78, 5) is 22.4. The molecular weight excluding hydrogens is 334 g/mol. The molecule has 1 spiro atoms. The summed E-state index contributed by atoms with van der Waals surface area (Å²) in [6, 6.07) is 16.6. The monoisotopic (exact) mass is 363 g/mol. The van der Waals surface area contributed by atoms with Gasteiger partial charge in [0.25, 0.3) is 0 Å². The number of pyridine rings is 1. The van der Waals surface area contributed by atoms with E-state index in [0.29, 0.717) is 12.5 Å². The van der Waals surface area contributed by atoms with E-state index in [4.69, 9.17) is 0 Å². The lowest BCUT2D eigenvalue weighted by molar-refractivity contribution is -0.148. The minimum absolute atomic E-state index is 0.260. The van der Waals surface area contributed by atoms with Crippen molar-refractivity contribution in [3.63, 3.8) is 0 Å². The van der Waals surface area contributed by atoms with Crippen LogP contribution in [0.25, 0.3) is 0 Å². The van der Waals surface area contributed by atoms with Gasteiger partial charge in [-0.2, -0.15) is 0 Å². The number of aromatic nitrogens is 1. The number of amides is 1. The van der Waals surface area contributed by atoms with Crippen molar-refractivity contribution in [3.8, 4) is 0 Å². The van der Waals surface area contributed by atoms with E-state index in [-0.39, 0.29) is 5.54 Å².